The smallest absolute Gasteiger partial charge is 0.303 e. The molecule has 0 unspecified atom stereocenters. The molecule has 2 rings (SSSR count). The molecule has 1 aliphatic carbocycles. The van der Waals surface area contributed by atoms with Crippen LogP contribution in [0, 0.1) is 5.41 Å². The summed E-state index contributed by atoms with van der Waals surface area (Å²) in [4.78, 5) is 11.2. The van der Waals surface area contributed by atoms with Crippen LogP contribution < -0.4 is 5.32 Å². The van der Waals surface area contributed by atoms with Gasteiger partial charge in [0.2, 0.25) is 5.95 Å². The lowest BCUT2D eigenvalue weighted by Gasteiger charge is -2.26. The minimum Gasteiger partial charge on any atom is -0.481 e. The molecule has 6 heteroatoms. The molecular formula is C14H24N4O2. The van der Waals surface area contributed by atoms with Gasteiger partial charge >= 0.3 is 5.97 Å². The normalized spacial score (nSPS) is 17.3. The average Bonchev–Trinajstić information content (AvgIpc) is 2.97. The highest BCUT2D eigenvalue weighted by molar-refractivity contribution is 5.67. The minimum absolute atomic E-state index is 0.130. The van der Waals surface area contributed by atoms with Crippen molar-refractivity contribution in [2.45, 2.75) is 58.9 Å². The maximum Gasteiger partial charge on any atom is 0.303 e. The number of carbonyl (C=O) groups is 1. The van der Waals surface area contributed by atoms with Crippen molar-refractivity contribution in [3.05, 3.63) is 5.82 Å². The molecule has 20 heavy (non-hydrogen) atoms. The largest absolute Gasteiger partial charge is 0.481 e. The third kappa shape index (κ3) is 3.11. The molecule has 1 heterocycles. The SMILES string of the molecule is CCNc1nnc(CC2(CC(=O)O)CCCC2)n1CC. The molecule has 1 fully saturated rings. The highest BCUT2D eigenvalue weighted by atomic mass is 16.4. The molecule has 0 radical (unpaired) electrons. The number of rotatable bonds is 7. The second-order valence-electron chi connectivity index (χ2n) is 5.67. The number of carboxylic acids is 1. The average molecular weight is 280 g/mol. The summed E-state index contributed by atoms with van der Waals surface area (Å²) in [5.41, 5.74) is -0.130. The first-order valence-electron chi connectivity index (χ1n) is 7.48. The summed E-state index contributed by atoms with van der Waals surface area (Å²) in [6.45, 7) is 5.69. The molecule has 0 aliphatic heterocycles. The molecule has 0 spiro atoms. The van der Waals surface area contributed by atoms with Gasteiger partial charge in [-0.3, -0.25) is 9.36 Å². The fraction of sp³-hybridized carbons (Fsp3) is 0.786. The maximum absolute atomic E-state index is 11.2. The van der Waals surface area contributed by atoms with E-state index in [0.717, 1.165) is 50.5 Å². The van der Waals surface area contributed by atoms with E-state index >= 15 is 0 Å². The van der Waals surface area contributed by atoms with Crippen LogP contribution >= 0.6 is 0 Å². The lowest BCUT2D eigenvalue weighted by molar-refractivity contribution is -0.139. The van der Waals surface area contributed by atoms with Crippen molar-refractivity contribution in [1.29, 1.82) is 0 Å². The van der Waals surface area contributed by atoms with Gasteiger partial charge in [-0.1, -0.05) is 12.8 Å². The predicted molar refractivity (Wildman–Crippen MR) is 76.7 cm³/mol. The fourth-order valence-electron chi connectivity index (χ4n) is 3.28. The third-order valence-electron chi connectivity index (χ3n) is 4.20. The quantitative estimate of drug-likeness (QED) is 0.801. The number of anilines is 1. The first-order valence-corrected chi connectivity index (χ1v) is 7.48. The van der Waals surface area contributed by atoms with Crippen molar-refractivity contribution in [2.24, 2.45) is 5.41 Å². The van der Waals surface area contributed by atoms with Crippen LogP contribution in [0.25, 0.3) is 0 Å². The molecule has 1 saturated carbocycles. The molecule has 0 aromatic carbocycles. The molecule has 0 atom stereocenters. The number of hydrogen-bond acceptors (Lipinski definition) is 4. The van der Waals surface area contributed by atoms with Crippen molar-refractivity contribution < 1.29 is 9.90 Å². The Labute approximate surface area is 119 Å². The van der Waals surface area contributed by atoms with E-state index in [-0.39, 0.29) is 11.8 Å². The van der Waals surface area contributed by atoms with Gasteiger partial charge in [0, 0.05) is 19.5 Å². The number of nitrogens with zero attached hydrogens (tertiary/aromatic N) is 3. The van der Waals surface area contributed by atoms with Crippen LogP contribution in [0.2, 0.25) is 0 Å². The molecule has 112 valence electrons. The van der Waals surface area contributed by atoms with Gasteiger partial charge in [0.1, 0.15) is 5.82 Å². The summed E-state index contributed by atoms with van der Waals surface area (Å²) in [7, 11) is 0. The van der Waals surface area contributed by atoms with Crippen LogP contribution in [-0.4, -0.2) is 32.4 Å². The Kier molecular flexibility index (Phi) is 4.62. The molecule has 0 bridgehead atoms. The van der Waals surface area contributed by atoms with Gasteiger partial charge in [-0.2, -0.15) is 0 Å². The van der Waals surface area contributed by atoms with Crippen LogP contribution in [0.3, 0.4) is 0 Å². The van der Waals surface area contributed by atoms with Crippen LogP contribution in [0.15, 0.2) is 0 Å². The molecule has 2 N–H and O–H groups in total. The number of aliphatic carboxylic acids is 1. The van der Waals surface area contributed by atoms with E-state index in [0.29, 0.717) is 6.42 Å². The van der Waals surface area contributed by atoms with Crippen molar-refractivity contribution in [2.75, 3.05) is 11.9 Å². The molecule has 0 amide bonds. The van der Waals surface area contributed by atoms with Crippen molar-refractivity contribution in [3.8, 4) is 0 Å². The number of aromatic nitrogens is 3. The zero-order valence-corrected chi connectivity index (χ0v) is 12.4. The van der Waals surface area contributed by atoms with E-state index in [1.165, 1.54) is 0 Å². The molecule has 1 aromatic rings. The minimum atomic E-state index is -0.707. The summed E-state index contributed by atoms with van der Waals surface area (Å²) in [5.74, 6) is 0.987. The number of carboxylic acid groups (broad SMARTS) is 1. The lowest BCUT2D eigenvalue weighted by Crippen LogP contribution is -2.25. The summed E-state index contributed by atoms with van der Waals surface area (Å²) in [5, 5.41) is 20.8. The standard InChI is InChI=1S/C14H24N4O2/c1-3-15-13-17-16-11(18(13)4-2)9-14(10-12(19)20)7-5-6-8-14/h3-10H2,1-2H3,(H,15,17)(H,19,20). The van der Waals surface area contributed by atoms with E-state index in [4.69, 9.17) is 0 Å². The molecule has 1 aromatic heterocycles. The van der Waals surface area contributed by atoms with Crippen molar-refractivity contribution >= 4 is 11.9 Å². The van der Waals surface area contributed by atoms with Gasteiger partial charge in [0.15, 0.2) is 0 Å². The predicted octanol–water partition coefficient (Wildman–Crippen LogP) is 2.31. The Morgan fingerprint density at radius 2 is 2.05 bits per heavy atom. The molecule has 6 nitrogen and oxygen atoms in total. The monoisotopic (exact) mass is 280 g/mol. The first kappa shape index (κ1) is 14.8. The van der Waals surface area contributed by atoms with Gasteiger partial charge in [-0.05, 0) is 32.1 Å². The van der Waals surface area contributed by atoms with Crippen molar-refractivity contribution in [1.82, 2.24) is 14.8 Å². The van der Waals surface area contributed by atoms with Gasteiger partial charge in [0.25, 0.3) is 0 Å². The lowest BCUT2D eigenvalue weighted by atomic mass is 9.79. The third-order valence-corrected chi connectivity index (χ3v) is 4.20. The van der Waals surface area contributed by atoms with E-state index in [9.17, 15) is 9.90 Å². The second kappa shape index (κ2) is 6.24. The Morgan fingerprint density at radius 3 is 2.60 bits per heavy atom. The number of nitrogens with one attached hydrogen (secondary N) is 1. The van der Waals surface area contributed by atoms with E-state index in [2.05, 4.69) is 27.0 Å². The fourth-order valence-corrected chi connectivity index (χ4v) is 3.28. The van der Waals surface area contributed by atoms with Crippen LogP contribution in [0.1, 0.15) is 51.8 Å². The van der Waals surface area contributed by atoms with Gasteiger partial charge in [-0.15, -0.1) is 10.2 Å². The first-order chi connectivity index (χ1) is 9.60. The molecular weight excluding hydrogens is 256 g/mol. The Balaban J connectivity index is 2.20. The van der Waals surface area contributed by atoms with Crippen LogP contribution in [0.4, 0.5) is 5.95 Å². The summed E-state index contributed by atoms with van der Waals surface area (Å²) in [6, 6.07) is 0. The number of hydrogen-bond donors (Lipinski definition) is 2. The van der Waals surface area contributed by atoms with Gasteiger partial charge in [-0.25, -0.2) is 0 Å². The summed E-state index contributed by atoms with van der Waals surface area (Å²) in [6.07, 6.45) is 5.14. The van der Waals surface area contributed by atoms with Crippen LogP contribution in [-0.2, 0) is 17.8 Å². The molecule has 0 saturated heterocycles. The summed E-state index contributed by atoms with van der Waals surface area (Å²) >= 11 is 0. The van der Waals surface area contributed by atoms with E-state index < -0.39 is 5.97 Å². The topological polar surface area (TPSA) is 80.0 Å². The van der Waals surface area contributed by atoms with E-state index in [1.54, 1.807) is 0 Å². The Hall–Kier alpha value is -1.59. The van der Waals surface area contributed by atoms with Gasteiger partial charge in [0.05, 0.1) is 6.42 Å². The van der Waals surface area contributed by atoms with Gasteiger partial charge < -0.3 is 10.4 Å². The van der Waals surface area contributed by atoms with Crippen LogP contribution in [0.5, 0.6) is 0 Å². The zero-order valence-electron chi connectivity index (χ0n) is 12.4. The summed E-state index contributed by atoms with van der Waals surface area (Å²) < 4.78 is 2.06. The highest BCUT2D eigenvalue weighted by Crippen LogP contribution is 2.43. The Morgan fingerprint density at radius 1 is 1.35 bits per heavy atom. The Bertz CT molecular complexity index is 464. The maximum atomic E-state index is 11.2. The zero-order chi connectivity index (χ0) is 14.6. The van der Waals surface area contributed by atoms with E-state index in [1.807, 2.05) is 6.92 Å². The van der Waals surface area contributed by atoms with Crippen molar-refractivity contribution in [3.63, 3.8) is 0 Å². The second-order valence-corrected chi connectivity index (χ2v) is 5.67. The molecule has 1 aliphatic rings. The highest BCUT2D eigenvalue weighted by Gasteiger charge is 2.37.